The lowest BCUT2D eigenvalue weighted by atomic mass is 10.2. The van der Waals surface area contributed by atoms with Crippen molar-refractivity contribution in [2.75, 3.05) is 32.5 Å². The van der Waals surface area contributed by atoms with Gasteiger partial charge in [0.1, 0.15) is 0 Å². The van der Waals surface area contributed by atoms with Crippen molar-refractivity contribution in [1.82, 2.24) is 19.6 Å². The van der Waals surface area contributed by atoms with Crippen molar-refractivity contribution < 1.29 is 9.53 Å². The number of hydrogen-bond acceptors (Lipinski definition) is 5. The molecule has 128 valence electrons. The Hall–Kier alpha value is -1.57. The zero-order chi connectivity index (χ0) is 16.5. The summed E-state index contributed by atoms with van der Waals surface area (Å²) in [6.45, 7) is 3.37. The molecule has 0 aromatic carbocycles. The first-order valence-electron chi connectivity index (χ1n) is 8.41. The van der Waals surface area contributed by atoms with Crippen LogP contribution in [0.25, 0.3) is 5.52 Å². The van der Waals surface area contributed by atoms with Crippen molar-refractivity contribution in [2.45, 2.75) is 30.1 Å². The number of rotatable bonds is 4. The molecule has 1 N–H and O–H groups in total. The Morgan fingerprint density at radius 2 is 2.42 bits per heavy atom. The Morgan fingerprint density at radius 1 is 1.50 bits per heavy atom. The molecule has 0 unspecified atom stereocenters. The van der Waals surface area contributed by atoms with Crippen LogP contribution in [-0.4, -0.2) is 64.8 Å². The van der Waals surface area contributed by atoms with Crippen LogP contribution in [0.5, 0.6) is 0 Å². The second kappa shape index (κ2) is 6.74. The van der Waals surface area contributed by atoms with E-state index in [1.807, 2.05) is 35.1 Å². The Labute approximate surface area is 145 Å². The summed E-state index contributed by atoms with van der Waals surface area (Å²) < 4.78 is 7.86. The minimum Gasteiger partial charge on any atom is -0.373 e. The molecule has 2 fully saturated rings. The maximum absolute atomic E-state index is 12.6. The van der Waals surface area contributed by atoms with Crippen molar-refractivity contribution in [3.63, 3.8) is 0 Å². The van der Waals surface area contributed by atoms with E-state index in [2.05, 4.69) is 15.2 Å². The van der Waals surface area contributed by atoms with Crippen LogP contribution in [0, 0.1) is 0 Å². The molecule has 24 heavy (non-hydrogen) atoms. The number of fused-ring (bicyclic) bond motifs is 2. The molecule has 0 aliphatic carbocycles. The summed E-state index contributed by atoms with van der Waals surface area (Å²) in [7, 11) is 0. The standard InChI is InChI=1S/C17H22N4O2S/c1-24-17-19-15(14-6-2-3-8-21(14)17)16(22)18-9-13-10-20-7-4-5-12(20)11-23-13/h2-3,6,8,12-13H,4-5,7,9-11H2,1H3,(H,18,22)/t12-,13-/m1/s1. The highest BCUT2D eigenvalue weighted by molar-refractivity contribution is 7.98. The van der Waals surface area contributed by atoms with E-state index in [9.17, 15) is 4.79 Å². The van der Waals surface area contributed by atoms with Gasteiger partial charge in [-0.25, -0.2) is 4.98 Å². The van der Waals surface area contributed by atoms with Gasteiger partial charge in [0.15, 0.2) is 10.9 Å². The van der Waals surface area contributed by atoms with Crippen LogP contribution in [-0.2, 0) is 4.74 Å². The lowest BCUT2D eigenvalue weighted by molar-refractivity contribution is -0.0461. The second-order valence-corrected chi connectivity index (χ2v) is 7.13. The normalized spacial score (nSPS) is 24.2. The molecule has 2 aliphatic rings. The largest absolute Gasteiger partial charge is 0.373 e. The second-order valence-electron chi connectivity index (χ2n) is 6.36. The van der Waals surface area contributed by atoms with E-state index in [1.54, 1.807) is 0 Å². The number of amides is 1. The van der Waals surface area contributed by atoms with Crippen LogP contribution in [0.15, 0.2) is 29.6 Å². The molecule has 0 saturated carbocycles. The third kappa shape index (κ3) is 2.92. The topological polar surface area (TPSA) is 58.9 Å². The summed E-state index contributed by atoms with van der Waals surface area (Å²) >= 11 is 1.53. The Morgan fingerprint density at radius 3 is 3.29 bits per heavy atom. The van der Waals surface area contributed by atoms with Crippen LogP contribution in [0.4, 0.5) is 0 Å². The lowest BCUT2D eigenvalue weighted by Crippen LogP contribution is -2.50. The molecule has 1 amide bonds. The van der Waals surface area contributed by atoms with Gasteiger partial charge in [-0.05, 0) is 37.8 Å². The fourth-order valence-electron chi connectivity index (χ4n) is 3.62. The smallest absolute Gasteiger partial charge is 0.272 e. The third-order valence-electron chi connectivity index (χ3n) is 4.87. The molecule has 7 heteroatoms. The molecule has 2 aliphatic heterocycles. The number of nitrogens with zero attached hydrogens (tertiary/aromatic N) is 3. The molecule has 0 spiro atoms. The van der Waals surface area contributed by atoms with Crippen molar-refractivity contribution >= 4 is 23.2 Å². The number of carbonyl (C=O) groups is 1. The summed E-state index contributed by atoms with van der Waals surface area (Å²) in [6, 6.07) is 6.37. The first-order valence-corrected chi connectivity index (χ1v) is 9.63. The van der Waals surface area contributed by atoms with E-state index in [-0.39, 0.29) is 12.0 Å². The number of ether oxygens (including phenoxy) is 1. The van der Waals surface area contributed by atoms with Gasteiger partial charge in [-0.3, -0.25) is 14.1 Å². The van der Waals surface area contributed by atoms with Gasteiger partial charge in [-0.2, -0.15) is 0 Å². The minimum absolute atomic E-state index is 0.0669. The molecule has 2 saturated heterocycles. The fourth-order valence-corrected chi connectivity index (χ4v) is 4.16. The summed E-state index contributed by atoms with van der Waals surface area (Å²) in [5, 5.41) is 3.83. The average Bonchev–Trinajstić information content (AvgIpc) is 3.23. The summed E-state index contributed by atoms with van der Waals surface area (Å²) in [5.41, 5.74) is 1.32. The number of aromatic nitrogens is 2. The van der Waals surface area contributed by atoms with Crippen molar-refractivity contribution in [1.29, 1.82) is 0 Å². The number of morpholine rings is 1. The predicted molar refractivity (Wildman–Crippen MR) is 93.6 cm³/mol. The van der Waals surface area contributed by atoms with Crippen LogP contribution in [0.1, 0.15) is 23.3 Å². The summed E-state index contributed by atoms with van der Waals surface area (Å²) in [6.07, 6.45) is 6.45. The quantitative estimate of drug-likeness (QED) is 0.853. The molecule has 0 bridgehead atoms. The van der Waals surface area contributed by atoms with Gasteiger partial charge in [0.25, 0.3) is 5.91 Å². The number of thioether (sulfide) groups is 1. The number of carbonyl (C=O) groups excluding carboxylic acids is 1. The van der Waals surface area contributed by atoms with E-state index in [0.29, 0.717) is 18.3 Å². The van der Waals surface area contributed by atoms with Crippen LogP contribution >= 0.6 is 11.8 Å². The molecule has 2 atom stereocenters. The molecule has 0 radical (unpaired) electrons. The molecule has 4 rings (SSSR count). The highest BCUT2D eigenvalue weighted by Gasteiger charge is 2.32. The van der Waals surface area contributed by atoms with Crippen molar-refractivity contribution in [3.8, 4) is 0 Å². The predicted octanol–water partition coefficient (Wildman–Crippen LogP) is 1.65. The van der Waals surface area contributed by atoms with E-state index in [4.69, 9.17) is 4.74 Å². The maximum Gasteiger partial charge on any atom is 0.272 e. The Balaban J connectivity index is 1.43. The fraction of sp³-hybridized carbons (Fsp3) is 0.529. The molecule has 4 heterocycles. The summed E-state index contributed by atoms with van der Waals surface area (Å²) in [4.78, 5) is 19.6. The Bertz CT molecular complexity index is 747. The number of imidazole rings is 1. The highest BCUT2D eigenvalue weighted by atomic mass is 32.2. The third-order valence-corrected chi connectivity index (χ3v) is 5.52. The number of pyridine rings is 1. The Kier molecular flexibility index (Phi) is 4.47. The molecular weight excluding hydrogens is 324 g/mol. The van der Waals surface area contributed by atoms with Gasteiger partial charge in [0.05, 0.1) is 18.2 Å². The van der Waals surface area contributed by atoms with Gasteiger partial charge < -0.3 is 10.1 Å². The number of nitrogens with one attached hydrogen (secondary N) is 1. The first kappa shape index (κ1) is 15.9. The van der Waals surface area contributed by atoms with Crippen LogP contribution < -0.4 is 5.32 Å². The first-order chi connectivity index (χ1) is 11.8. The van der Waals surface area contributed by atoms with Gasteiger partial charge in [0, 0.05) is 25.3 Å². The maximum atomic E-state index is 12.6. The zero-order valence-electron chi connectivity index (χ0n) is 13.8. The molecular formula is C17H22N4O2S. The minimum atomic E-state index is -0.133. The van der Waals surface area contributed by atoms with E-state index < -0.39 is 0 Å². The SMILES string of the molecule is CSc1nc(C(=O)NC[C@@H]2CN3CCC[C@@H]3CO2)c2ccccn12. The van der Waals surface area contributed by atoms with Gasteiger partial charge >= 0.3 is 0 Å². The van der Waals surface area contributed by atoms with Gasteiger partial charge in [0.2, 0.25) is 0 Å². The molecule has 2 aromatic heterocycles. The summed E-state index contributed by atoms with van der Waals surface area (Å²) in [5.74, 6) is -0.133. The monoisotopic (exact) mass is 346 g/mol. The van der Waals surface area contributed by atoms with Gasteiger partial charge in [-0.15, -0.1) is 0 Å². The van der Waals surface area contributed by atoms with Crippen molar-refractivity contribution in [3.05, 3.63) is 30.1 Å². The van der Waals surface area contributed by atoms with E-state index >= 15 is 0 Å². The van der Waals surface area contributed by atoms with Crippen LogP contribution in [0.3, 0.4) is 0 Å². The average molecular weight is 346 g/mol. The highest BCUT2D eigenvalue weighted by Crippen LogP contribution is 2.23. The molecule has 6 nitrogen and oxygen atoms in total. The van der Waals surface area contributed by atoms with Gasteiger partial charge in [-0.1, -0.05) is 17.8 Å². The zero-order valence-corrected chi connectivity index (χ0v) is 14.6. The van der Waals surface area contributed by atoms with E-state index in [1.165, 1.54) is 24.6 Å². The van der Waals surface area contributed by atoms with Crippen LogP contribution in [0.2, 0.25) is 0 Å². The van der Waals surface area contributed by atoms with Crippen molar-refractivity contribution in [2.24, 2.45) is 0 Å². The van der Waals surface area contributed by atoms with E-state index in [0.717, 1.165) is 30.4 Å². The molecule has 2 aromatic rings. The lowest BCUT2D eigenvalue weighted by Gasteiger charge is -2.35. The number of hydrogen-bond donors (Lipinski definition) is 1.